The molecule has 16 heavy (non-hydrogen) atoms. The van der Waals surface area contributed by atoms with Gasteiger partial charge in [0.1, 0.15) is 5.82 Å². The van der Waals surface area contributed by atoms with Crippen molar-refractivity contribution in [3.05, 3.63) is 29.6 Å². The Morgan fingerprint density at radius 3 is 2.69 bits per heavy atom. The van der Waals surface area contributed by atoms with Crippen molar-refractivity contribution < 1.29 is 9.18 Å². The van der Waals surface area contributed by atoms with Gasteiger partial charge in [-0.25, -0.2) is 4.39 Å². The van der Waals surface area contributed by atoms with Crippen LogP contribution in [0.4, 0.5) is 10.1 Å². The lowest BCUT2D eigenvalue weighted by atomic mass is 10.2. The zero-order valence-corrected chi connectivity index (χ0v) is 9.88. The molecule has 1 aromatic rings. The molecule has 0 aliphatic heterocycles. The van der Waals surface area contributed by atoms with Crippen molar-refractivity contribution in [2.75, 3.05) is 26.0 Å². The first-order valence-corrected chi connectivity index (χ1v) is 5.21. The number of amides is 1. The first-order valence-electron chi connectivity index (χ1n) is 5.21. The van der Waals surface area contributed by atoms with Gasteiger partial charge in [-0.1, -0.05) is 6.07 Å². The monoisotopic (exact) mass is 224 g/mol. The van der Waals surface area contributed by atoms with Crippen LogP contribution in [0.1, 0.15) is 12.0 Å². The fourth-order valence-electron chi connectivity index (χ4n) is 1.29. The summed E-state index contributed by atoms with van der Waals surface area (Å²) in [6, 6.07) is 4.99. The zero-order chi connectivity index (χ0) is 12.1. The maximum Gasteiger partial charge on any atom is 0.223 e. The van der Waals surface area contributed by atoms with Crippen LogP contribution in [0.15, 0.2) is 18.2 Å². The molecule has 0 radical (unpaired) electrons. The summed E-state index contributed by atoms with van der Waals surface area (Å²) in [7, 11) is 3.41. The van der Waals surface area contributed by atoms with Gasteiger partial charge in [0.15, 0.2) is 0 Å². The molecule has 0 unspecified atom stereocenters. The van der Waals surface area contributed by atoms with Crippen LogP contribution in [0.5, 0.6) is 0 Å². The molecule has 88 valence electrons. The van der Waals surface area contributed by atoms with E-state index in [4.69, 9.17) is 0 Å². The van der Waals surface area contributed by atoms with Gasteiger partial charge in [-0.2, -0.15) is 0 Å². The number of halogens is 1. The molecule has 4 heteroatoms. The predicted octanol–water partition coefficient (Wildman–Crippen LogP) is 2.02. The summed E-state index contributed by atoms with van der Waals surface area (Å²) >= 11 is 0. The van der Waals surface area contributed by atoms with Crippen LogP contribution in [-0.2, 0) is 4.79 Å². The van der Waals surface area contributed by atoms with Crippen LogP contribution in [0.3, 0.4) is 0 Å². The van der Waals surface area contributed by atoms with Crippen molar-refractivity contribution in [1.29, 1.82) is 0 Å². The van der Waals surface area contributed by atoms with Crippen molar-refractivity contribution in [1.82, 2.24) is 4.90 Å². The Morgan fingerprint density at radius 2 is 2.12 bits per heavy atom. The highest BCUT2D eigenvalue weighted by molar-refractivity contribution is 5.76. The van der Waals surface area contributed by atoms with Crippen molar-refractivity contribution in [3.63, 3.8) is 0 Å². The number of aryl methyl sites for hydroxylation is 1. The van der Waals surface area contributed by atoms with Gasteiger partial charge in [0.25, 0.3) is 0 Å². The number of hydrogen-bond acceptors (Lipinski definition) is 2. The quantitative estimate of drug-likeness (QED) is 0.848. The van der Waals surface area contributed by atoms with E-state index < -0.39 is 0 Å². The Balaban J connectivity index is 2.46. The topological polar surface area (TPSA) is 32.3 Å². The average molecular weight is 224 g/mol. The second kappa shape index (κ2) is 5.49. The third-order valence-corrected chi connectivity index (χ3v) is 2.28. The highest BCUT2D eigenvalue weighted by Crippen LogP contribution is 2.14. The van der Waals surface area contributed by atoms with E-state index in [0.717, 1.165) is 5.56 Å². The van der Waals surface area contributed by atoms with Crippen LogP contribution in [0.2, 0.25) is 0 Å². The van der Waals surface area contributed by atoms with E-state index in [1.54, 1.807) is 20.2 Å². The molecule has 1 aromatic carbocycles. The minimum atomic E-state index is -0.280. The lowest BCUT2D eigenvalue weighted by Gasteiger charge is -2.11. The minimum absolute atomic E-state index is 0.0278. The molecule has 0 saturated heterocycles. The van der Waals surface area contributed by atoms with Crippen LogP contribution in [-0.4, -0.2) is 31.4 Å². The molecule has 0 spiro atoms. The van der Waals surface area contributed by atoms with Gasteiger partial charge in [0.2, 0.25) is 5.91 Å². The highest BCUT2D eigenvalue weighted by atomic mass is 19.1. The van der Waals surface area contributed by atoms with Crippen LogP contribution < -0.4 is 5.32 Å². The fraction of sp³-hybridized carbons (Fsp3) is 0.417. The van der Waals surface area contributed by atoms with E-state index in [-0.39, 0.29) is 11.7 Å². The molecule has 0 bridgehead atoms. The van der Waals surface area contributed by atoms with Gasteiger partial charge < -0.3 is 10.2 Å². The minimum Gasteiger partial charge on any atom is -0.382 e. The molecule has 0 fully saturated rings. The van der Waals surface area contributed by atoms with Gasteiger partial charge in [-0.3, -0.25) is 4.79 Å². The molecule has 1 amide bonds. The Morgan fingerprint density at radius 1 is 1.44 bits per heavy atom. The summed E-state index contributed by atoms with van der Waals surface area (Å²) in [6.07, 6.45) is 0.361. The van der Waals surface area contributed by atoms with E-state index >= 15 is 0 Å². The summed E-state index contributed by atoms with van der Waals surface area (Å²) in [5.74, 6) is -0.252. The number of benzene rings is 1. The molecule has 0 aromatic heterocycles. The summed E-state index contributed by atoms with van der Waals surface area (Å²) < 4.78 is 13.4. The molecule has 1 rings (SSSR count). The fourth-order valence-corrected chi connectivity index (χ4v) is 1.29. The van der Waals surface area contributed by atoms with Gasteiger partial charge in [-0.05, 0) is 24.6 Å². The number of hydrogen-bond donors (Lipinski definition) is 1. The molecule has 0 aliphatic carbocycles. The summed E-state index contributed by atoms with van der Waals surface area (Å²) in [6.45, 7) is 2.28. The Kier molecular flexibility index (Phi) is 4.28. The first-order chi connectivity index (χ1) is 7.50. The number of rotatable bonds is 4. The van der Waals surface area contributed by atoms with Gasteiger partial charge in [0.05, 0.1) is 5.69 Å². The maximum atomic E-state index is 13.4. The zero-order valence-electron chi connectivity index (χ0n) is 9.88. The average Bonchev–Trinajstić information content (AvgIpc) is 2.20. The Labute approximate surface area is 95.3 Å². The van der Waals surface area contributed by atoms with E-state index in [2.05, 4.69) is 5.32 Å². The second-order valence-electron chi connectivity index (χ2n) is 3.95. The molecule has 1 N–H and O–H groups in total. The van der Waals surface area contributed by atoms with Crippen LogP contribution in [0.25, 0.3) is 0 Å². The molecule has 0 atom stereocenters. The number of anilines is 1. The van der Waals surface area contributed by atoms with Crippen molar-refractivity contribution in [2.45, 2.75) is 13.3 Å². The highest BCUT2D eigenvalue weighted by Gasteiger charge is 2.05. The van der Waals surface area contributed by atoms with Crippen LogP contribution in [0, 0.1) is 12.7 Å². The lowest BCUT2D eigenvalue weighted by molar-refractivity contribution is -0.128. The molecule has 0 heterocycles. The van der Waals surface area contributed by atoms with E-state index in [1.165, 1.54) is 11.0 Å². The smallest absolute Gasteiger partial charge is 0.223 e. The normalized spacial score (nSPS) is 10.0. The maximum absolute atomic E-state index is 13.4. The van der Waals surface area contributed by atoms with Crippen molar-refractivity contribution in [2.24, 2.45) is 0 Å². The van der Waals surface area contributed by atoms with E-state index in [1.807, 2.05) is 13.0 Å². The van der Waals surface area contributed by atoms with Crippen molar-refractivity contribution in [3.8, 4) is 0 Å². The van der Waals surface area contributed by atoms with Crippen LogP contribution >= 0.6 is 0 Å². The van der Waals surface area contributed by atoms with E-state index in [0.29, 0.717) is 18.7 Å². The number of nitrogens with zero attached hydrogens (tertiary/aromatic N) is 1. The number of carbonyl (C=O) groups is 1. The van der Waals surface area contributed by atoms with Gasteiger partial charge in [-0.15, -0.1) is 0 Å². The molecular formula is C12H17FN2O. The van der Waals surface area contributed by atoms with Gasteiger partial charge >= 0.3 is 0 Å². The third kappa shape index (κ3) is 3.53. The largest absolute Gasteiger partial charge is 0.382 e. The number of nitrogens with one attached hydrogen (secondary N) is 1. The third-order valence-electron chi connectivity index (χ3n) is 2.28. The molecule has 0 saturated carbocycles. The standard InChI is InChI=1S/C12H17FN2O/c1-9-4-5-11(10(13)8-9)14-7-6-12(16)15(2)3/h4-5,8,14H,6-7H2,1-3H3. The number of carbonyl (C=O) groups excluding carboxylic acids is 1. The van der Waals surface area contributed by atoms with E-state index in [9.17, 15) is 9.18 Å². The predicted molar refractivity (Wildman–Crippen MR) is 62.9 cm³/mol. The molecule has 3 nitrogen and oxygen atoms in total. The van der Waals surface area contributed by atoms with Gasteiger partial charge in [0, 0.05) is 27.1 Å². The first kappa shape index (κ1) is 12.5. The summed E-state index contributed by atoms with van der Waals surface area (Å²) in [4.78, 5) is 12.8. The Hall–Kier alpha value is -1.58. The Bertz CT molecular complexity index is 377. The molecular weight excluding hydrogens is 207 g/mol. The summed E-state index contributed by atoms with van der Waals surface area (Å²) in [5.41, 5.74) is 1.32. The summed E-state index contributed by atoms with van der Waals surface area (Å²) in [5, 5.41) is 2.90. The lowest BCUT2D eigenvalue weighted by Crippen LogP contribution is -2.24. The SMILES string of the molecule is Cc1ccc(NCCC(=O)N(C)C)c(F)c1. The molecule has 0 aliphatic rings. The second-order valence-corrected chi connectivity index (χ2v) is 3.95. The van der Waals surface area contributed by atoms with Crippen molar-refractivity contribution >= 4 is 11.6 Å².